The maximum absolute atomic E-state index is 2.21. The Morgan fingerprint density at radius 2 is 1.38 bits per heavy atom. The van der Waals surface area contributed by atoms with Crippen molar-refractivity contribution in [3.8, 4) is 0 Å². The molecule has 0 N–H and O–H groups in total. The van der Waals surface area contributed by atoms with Crippen LogP contribution in [0.2, 0.25) is 0 Å². The second kappa shape index (κ2) is 2.17. The summed E-state index contributed by atoms with van der Waals surface area (Å²) in [6.45, 7) is 4.22. The van der Waals surface area contributed by atoms with Crippen LogP contribution in [-0.4, -0.2) is 0 Å². The van der Waals surface area contributed by atoms with Gasteiger partial charge in [0.15, 0.2) is 0 Å². The molecule has 1 fully saturated rings. The highest BCUT2D eigenvalue weighted by Crippen LogP contribution is 2.31. The molecule has 0 atom stereocenters. The predicted molar refractivity (Wildman–Crippen MR) is 36.7 cm³/mol. The Morgan fingerprint density at radius 1 is 1.00 bits per heavy atom. The highest BCUT2D eigenvalue weighted by molar-refractivity contribution is 5.38. The summed E-state index contributed by atoms with van der Waals surface area (Å²) in [6.07, 6.45) is 7.02. The van der Waals surface area contributed by atoms with Crippen LogP contribution in [0.25, 0.3) is 0 Å². The monoisotopic (exact) mass is 108 g/mol. The third kappa shape index (κ3) is 0.706. The van der Waals surface area contributed by atoms with Gasteiger partial charge in [0.2, 0.25) is 0 Å². The summed E-state index contributed by atoms with van der Waals surface area (Å²) in [6, 6.07) is 0. The zero-order valence-corrected chi connectivity index (χ0v) is 5.57. The maximum atomic E-state index is 2.21. The largest absolute Gasteiger partial charge is 0.0842 e. The molecule has 0 aromatic rings. The van der Waals surface area contributed by atoms with Gasteiger partial charge in [-0.15, -0.1) is 0 Å². The van der Waals surface area contributed by atoms with Gasteiger partial charge in [0.25, 0.3) is 0 Å². The van der Waals surface area contributed by atoms with E-state index in [-0.39, 0.29) is 0 Å². The molecule has 0 spiro atoms. The number of hydrogen-bond acceptors (Lipinski definition) is 0. The van der Waals surface area contributed by atoms with Gasteiger partial charge in [-0.3, -0.25) is 0 Å². The molecule has 0 bridgehead atoms. The van der Waals surface area contributed by atoms with Crippen molar-refractivity contribution in [2.45, 2.75) is 26.7 Å². The standard InChI is InChI=1S/C8H12/c1-3-7-5-6-8(7)4-2/h3-4H,5-6H2,1-2H3. The van der Waals surface area contributed by atoms with Crippen molar-refractivity contribution in [1.29, 1.82) is 0 Å². The van der Waals surface area contributed by atoms with Gasteiger partial charge in [-0.2, -0.15) is 0 Å². The molecular weight excluding hydrogens is 96.1 g/mol. The summed E-state index contributed by atoms with van der Waals surface area (Å²) in [4.78, 5) is 0. The zero-order valence-electron chi connectivity index (χ0n) is 5.57. The Morgan fingerprint density at radius 3 is 1.50 bits per heavy atom. The lowest BCUT2D eigenvalue weighted by molar-refractivity contribution is 0.818. The molecule has 44 valence electrons. The van der Waals surface area contributed by atoms with Crippen LogP contribution in [0.1, 0.15) is 26.7 Å². The van der Waals surface area contributed by atoms with E-state index in [1.807, 2.05) is 0 Å². The van der Waals surface area contributed by atoms with E-state index in [1.54, 1.807) is 11.1 Å². The summed E-state index contributed by atoms with van der Waals surface area (Å²) >= 11 is 0. The Bertz CT molecular complexity index is 120. The third-order valence-corrected chi connectivity index (χ3v) is 1.77. The van der Waals surface area contributed by atoms with E-state index in [4.69, 9.17) is 0 Å². The summed E-state index contributed by atoms with van der Waals surface area (Å²) in [5, 5.41) is 0. The van der Waals surface area contributed by atoms with Crippen molar-refractivity contribution < 1.29 is 0 Å². The fourth-order valence-electron chi connectivity index (χ4n) is 1.07. The minimum absolute atomic E-state index is 1.30. The van der Waals surface area contributed by atoms with Crippen LogP contribution in [0.5, 0.6) is 0 Å². The molecule has 1 saturated carbocycles. The molecule has 0 saturated heterocycles. The van der Waals surface area contributed by atoms with E-state index in [9.17, 15) is 0 Å². The average Bonchev–Trinajstić information content (AvgIpc) is 1.66. The SMILES string of the molecule is CC=C1CCC1=CC. The van der Waals surface area contributed by atoms with E-state index in [0.29, 0.717) is 0 Å². The summed E-state index contributed by atoms with van der Waals surface area (Å²) in [5.41, 5.74) is 3.10. The zero-order chi connectivity index (χ0) is 5.98. The summed E-state index contributed by atoms with van der Waals surface area (Å²) < 4.78 is 0. The minimum atomic E-state index is 1.30. The van der Waals surface area contributed by atoms with Gasteiger partial charge in [-0.1, -0.05) is 12.2 Å². The molecule has 0 unspecified atom stereocenters. The van der Waals surface area contributed by atoms with Gasteiger partial charge in [0.1, 0.15) is 0 Å². The summed E-state index contributed by atoms with van der Waals surface area (Å²) in [7, 11) is 0. The molecule has 0 aliphatic heterocycles. The molecule has 0 aromatic heterocycles. The first-order valence-corrected chi connectivity index (χ1v) is 3.19. The minimum Gasteiger partial charge on any atom is -0.0842 e. The van der Waals surface area contributed by atoms with Crippen molar-refractivity contribution in [1.82, 2.24) is 0 Å². The van der Waals surface area contributed by atoms with Crippen LogP contribution in [0.15, 0.2) is 23.3 Å². The van der Waals surface area contributed by atoms with E-state index in [2.05, 4.69) is 26.0 Å². The second-order valence-corrected chi connectivity index (χ2v) is 2.13. The second-order valence-electron chi connectivity index (χ2n) is 2.13. The average molecular weight is 108 g/mol. The number of allylic oxidation sites excluding steroid dienone is 4. The quantitative estimate of drug-likeness (QED) is 0.447. The van der Waals surface area contributed by atoms with Crippen molar-refractivity contribution >= 4 is 0 Å². The molecule has 0 amide bonds. The lowest BCUT2D eigenvalue weighted by Gasteiger charge is -2.20. The lowest BCUT2D eigenvalue weighted by Crippen LogP contribution is -2.01. The van der Waals surface area contributed by atoms with E-state index in [0.717, 1.165) is 0 Å². The third-order valence-electron chi connectivity index (χ3n) is 1.77. The Labute approximate surface area is 50.9 Å². The highest BCUT2D eigenvalue weighted by atomic mass is 14.2. The normalized spacial score (nSPS) is 28.8. The first kappa shape index (κ1) is 5.61. The predicted octanol–water partition coefficient (Wildman–Crippen LogP) is 2.67. The van der Waals surface area contributed by atoms with Crippen LogP contribution >= 0.6 is 0 Å². The van der Waals surface area contributed by atoms with Gasteiger partial charge in [-0.05, 0) is 37.8 Å². The molecule has 0 radical (unpaired) electrons. The Kier molecular flexibility index (Phi) is 1.52. The van der Waals surface area contributed by atoms with Crippen LogP contribution in [0.3, 0.4) is 0 Å². The van der Waals surface area contributed by atoms with Crippen LogP contribution in [0, 0.1) is 0 Å². The molecule has 8 heavy (non-hydrogen) atoms. The Hall–Kier alpha value is -0.520. The van der Waals surface area contributed by atoms with Gasteiger partial charge < -0.3 is 0 Å². The Balaban J connectivity index is 2.64. The topological polar surface area (TPSA) is 0 Å². The van der Waals surface area contributed by atoms with Gasteiger partial charge in [-0.25, -0.2) is 0 Å². The van der Waals surface area contributed by atoms with Crippen molar-refractivity contribution in [2.24, 2.45) is 0 Å². The fourth-order valence-corrected chi connectivity index (χ4v) is 1.07. The molecule has 1 aliphatic rings. The molecule has 0 aromatic carbocycles. The molecule has 0 nitrogen and oxygen atoms in total. The van der Waals surface area contributed by atoms with Crippen LogP contribution in [-0.2, 0) is 0 Å². The fraction of sp³-hybridized carbons (Fsp3) is 0.500. The van der Waals surface area contributed by atoms with Crippen molar-refractivity contribution in [3.05, 3.63) is 23.3 Å². The van der Waals surface area contributed by atoms with Crippen molar-refractivity contribution in [2.75, 3.05) is 0 Å². The lowest BCUT2D eigenvalue weighted by atomic mass is 9.85. The van der Waals surface area contributed by atoms with E-state index >= 15 is 0 Å². The van der Waals surface area contributed by atoms with E-state index < -0.39 is 0 Å². The maximum Gasteiger partial charge on any atom is -0.0239 e. The molecule has 1 rings (SSSR count). The smallest absolute Gasteiger partial charge is 0.0239 e. The van der Waals surface area contributed by atoms with Gasteiger partial charge >= 0.3 is 0 Å². The molecule has 1 aliphatic carbocycles. The van der Waals surface area contributed by atoms with Gasteiger partial charge in [0.05, 0.1) is 0 Å². The van der Waals surface area contributed by atoms with Gasteiger partial charge in [0, 0.05) is 0 Å². The molecule has 0 heteroatoms. The molecular formula is C8H12. The first-order valence-electron chi connectivity index (χ1n) is 3.19. The van der Waals surface area contributed by atoms with Crippen LogP contribution < -0.4 is 0 Å². The highest BCUT2D eigenvalue weighted by Gasteiger charge is 2.12. The molecule has 0 heterocycles. The van der Waals surface area contributed by atoms with E-state index in [1.165, 1.54) is 12.8 Å². The van der Waals surface area contributed by atoms with Crippen molar-refractivity contribution in [3.63, 3.8) is 0 Å². The summed E-state index contributed by atoms with van der Waals surface area (Å²) in [5.74, 6) is 0. The van der Waals surface area contributed by atoms with Crippen LogP contribution in [0.4, 0.5) is 0 Å². The number of hydrogen-bond donors (Lipinski definition) is 0. The first-order chi connectivity index (χ1) is 3.88. The number of rotatable bonds is 0.